The molecule has 0 radical (unpaired) electrons. The van der Waals surface area contributed by atoms with Gasteiger partial charge in [-0.25, -0.2) is 0 Å². The first-order valence-corrected chi connectivity index (χ1v) is 12.6. The van der Waals surface area contributed by atoms with Crippen LogP contribution in [0.15, 0.2) is 42.5 Å². The van der Waals surface area contributed by atoms with Gasteiger partial charge >= 0.3 is 0 Å². The van der Waals surface area contributed by atoms with Crippen LogP contribution in [0, 0.1) is 6.92 Å². The van der Waals surface area contributed by atoms with Gasteiger partial charge in [-0.3, -0.25) is 9.69 Å². The highest BCUT2D eigenvalue weighted by atomic mass is 35.5. The van der Waals surface area contributed by atoms with E-state index < -0.39 is 0 Å². The van der Waals surface area contributed by atoms with Crippen molar-refractivity contribution in [3.8, 4) is 0 Å². The molecule has 1 atom stereocenters. The minimum atomic E-state index is -0.0503. The van der Waals surface area contributed by atoms with Crippen molar-refractivity contribution >= 4 is 34.1 Å². The standard InChI is InChI=1S/C27H33ClN4O/c1-19-10-11-20(28)18-25(19)32-16-14-31(15-17-32)13-5-12-29-27(33)23-8-4-7-22-21-6-2-3-9-24(21)30-26(22)23/h2-3,6,9-11,18,23,30H,4-5,7-8,12-17H2,1H3,(H,29,33). The Bertz CT molecular complexity index is 1130. The third-order valence-electron chi connectivity index (χ3n) is 7.27. The number of piperazine rings is 1. The molecule has 1 unspecified atom stereocenters. The van der Waals surface area contributed by atoms with E-state index in [0.29, 0.717) is 0 Å². The maximum absolute atomic E-state index is 13.0. The summed E-state index contributed by atoms with van der Waals surface area (Å²) in [6, 6.07) is 14.5. The van der Waals surface area contributed by atoms with Crippen molar-refractivity contribution in [3.63, 3.8) is 0 Å². The van der Waals surface area contributed by atoms with E-state index in [2.05, 4.69) is 63.4 Å². The molecule has 3 aromatic rings. The normalized spacial score (nSPS) is 19.0. The van der Waals surface area contributed by atoms with Gasteiger partial charge in [0.1, 0.15) is 0 Å². The summed E-state index contributed by atoms with van der Waals surface area (Å²) in [5.74, 6) is 0.120. The van der Waals surface area contributed by atoms with Gasteiger partial charge in [-0.05, 0) is 68.5 Å². The van der Waals surface area contributed by atoms with Crippen molar-refractivity contribution < 1.29 is 4.79 Å². The molecule has 2 aromatic carbocycles. The van der Waals surface area contributed by atoms with Crippen LogP contribution < -0.4 is 10.2 Å². The topological polar surface area (TPSA) is 51.4 Å². The van der Waals surface area contributed by atoms with Crippen molar-refractivity contribution in [2.75, 3.05) is 44.2 Å². The zero-order valence-electron chi connectivity index (χ0n) is 19.4. The summed E-state index contributed by atoms with van der Waals surface area (Å²) in [5, 5.41) is 5.29. The van der Waals surface area contributed by atoms with Crippen molar-refractivity contribution in [2.24, 2.45) is 0 Å². The molecular formula is C27H33ClN4O. The molecular weight excluding hydrogens is 432 g/mol. The highest BCUT2D eigenvalue weighted by molar-refractivity contribution is 6.30. The van der Waals surface area contributed by atoms with Gasteiger partial charge in [0.2, 0.25) is 5.91 Å². The van der Waals surface area contributed by atoms with Gasteiger partial charge < -0.3 is 15.2 Å². The van der Waals surface area contributed by atoms with E-state index in [4.69, 9.17) is 11.6 Å². The van der Waals surface area contributed by atoms with Crippen LogP contribution in [-0.2, 0) is 11.2 Å². The summed E-state index contributed by atoms with van der Waals surface area (Å²) in [4.78, 5) is 21.4. The molecule has 2 aliphatic rings. The maximum atomic E-state index is 13.0. The smallest absolute Gasteiger partial charge is 0.229 e. The Kier molecular flexibility index (Phi) is 6.61. The number of amides is 1. The molecule has 1 amide bonds. The van der Waals surface area contributed by atoms with Crippen LogP contribution in [0.5, 0.6) is 0 Å². The SMILES string of the molecule is Cc1ccc(Cl)cc1N1CCN(CCCNC(=O)C2CCCc3c2[nH]c2ccccc32)CC1. The fourth-order valence-electron chi connectivity index (χ4n) is 5.45. The first-order valence-electron chi connectivity index (χ1n) is 12.2. The number of nitrogens with zero attached hydrogens (tertiary/aromatic N) is 2. The van der Waals surface area contributed by atoms with Gasteiger partial charge in [0.05, 0.1) is 5.92 Å². The lowest BCUT2D eigenvalue weighted by Crippen LogP contribution is -2.47. The molecule has 1 aromatic heterocycles. The molecule has 1 aliphatic heterocycles. The van der Waals surface area contributed by atoms with Crippen LogP contribution in [0.1, 0.15) is 42.0 Å². The van der Waals surface area contributed by atoms with Gasteiger partial charge in [0, 0.05) is 60.0 Å². The van der Waals surface area contributed by atoms with Crippen LogP contribution >= 0.6 is 11.6 Å². The molecule has 2 heterocycles. The molecule has 1 aliphatic carbocycles. The van der Waals surface area contributed by atoms with E-state index >= 15 is 0 Å². The summed E-state index contributed by atoms with van der Waals surface area (Å²) in [6.07, 6.45) is 4.04. The number of carbonyl (C=O) groups excluding carboxylic acids is 1. The van der Waals surface area contributed by atoms with E-state index in [1.54, 1.807) is 0 Å². The van der Waals surface area contributed by atoms with Gasteiger partial charge in [-0.15, -0.1) is 0 Å². The van der Waals surface area contributed by atoms with Gasteiger partial charge in [-0.1, -0.05) is 35.9 Å². The summed E-state index contributed by atoms with van der Waals surface area (Å²) in [6.45, 7) is 8.01. The monoisotopic (exact) mass is 464 g/mol. The van der Waals surface area contributed by atoms with Gasteiger partial charge in [0.15, 0.2) is 0 Å². The predicted octanol–water partition coefficient (Wildman–Crippen LogP) is 4.88. The maximum Gasteiger partial charge on any atom is 0.229 e. The number of rotatable bonds is 6. The molecule has 0 spiro atoms. The second-order valence-electron chi connectivity index (χ2n) is 9.41. The fourth-order valence-corrected chi connectivity index (χ4v) is 5.62. The highest BCUT2D eigenvalue weighted by Gasteiger charge is 2.29. The Morgan fingerprint density at radius 2 is 1.97 bits per heavy atom. The third kappa shape index (κ3) is 4.75. The Labute approximate surface area is 201 Å². The molecule has 174 valence electrons. The third-order valence-corrected chi connectivity index (χ3v) is 7.50. The van der Waals surface area contributed by atoms with Gasteiger partial charge in [0.25, 0.3) is 0 Å². The van der Waals surface area contributed by atoms with Crippen LogP contribution in [0.2, 0.25) is 5.02 Å². The Morgan fingerprint density at radius 3 is 2.82 bits per heavy atom. The number of benzene rings is 2. The van der Waals surface area contributed by atoms with Gasteiger partial charge in [-0.2, -0.15) is 0 Å². The van der Waals surface area contributed by atoms with Crippen molar-refractivity contribution in [3.05, 3.63) is 64.3 Å². The summed E-state index contributed by atoms with van der Waals surface area (Å²) >= 11 is 6.21. The largest absolute Gasteiger partial charge is 0.369 e. The molecule has 5 rings (SSSR count). The fraction of sp³-hybridized carbons (Fsp3) is 0.444. The molecule has 33 heavy (non-hydrogen) atoms. The highest BCUT2D eigenvalue weighted by Crippen LogP contribution is 2.36. The number of aromatic nitrogens is 1. The molecule has 2 N–H and O–H groups in total. The number of anilines is 1. The van der Waals surface area contributed by atoms with E-state index in [1.165, 1.54) is 22.2 Å². The van der Waals surface area contributed by atoms with Crippen molar-refractivity contribution in [1.82, 2.24) is 15.2 Å². The number of hydrogen-bond donors (Lipinski definition) is 2. The molecule has 5 nitrogen and oxygen atoms in total. The molecule has 0 saturated carbocycles. The van der Waals surface area contributed by atoms with Crippen molar-refractivity contribution in [2.45, 2.75) is 38.5 Å². The first kappa shape index (κ1) is 22.3. The number of H-pyrrole nitrogens is 1. The Balaban J connectivity index is 1.09. The lowest BCUT2D eigenvalue weighted by molar-refractivity contribution is -0.122. The second kappa shape index (κ2) is 9.78. The first-order chi connectivity index (χ1) is 16.1. The van der Waals surface area contributed by atoms with E-state index in [1.807, 2.05) is 6.07 Å². The minimum Gasteiger partial charge on any atom is -0.369 e. The average Bonchev–Trinajstić information content (AvgIpc) is 3.22. The van der Waals surface area contributed by atoms with Crippen LogP contribution in [-0.4, -0.2) is 55.1 Å². The Morgan fingerprint density at radius 1 is 1.15 bits per heavy atom. The van der Waals surface area contributed by atoms with E-state index in [0.717, 1.165) is 81.2 Å². The lowest BCUT2D eigenvalue weighted by atomic mass is 9.86. The van der Waals surface area contributed by atoms with E-state index in [-0.39, 0.29) is 11.8 Å². The zero-order valence-corrected chi connectivity index (χ0v) is 20.1. The predicted molar refractivity (Wildman–Crippen MR) is 136 cm³/mol. The number of fused-ring (bicyclic) bond motifs is 3. The minimum absolute atomic E-state index is 0.0503. The van der Waals surface area contributed by atoms with Crippen LogP contribution in [0.25, 0.3) is 10.9 Å². The number of carbonyl (C=O) groups is 1. The average molecular weight is 465 g/mol. The van der Waals surface area contributed by atoms with Crippen LogP contribution in [0.4, 0.5) is 5.69 Å². The number of para-hydroxylation sites is 1. The Hall–Kier alpha value is -2.50. The molecule has 1 saturated heterocycles. The summed E-state index contributed by atoms with van der Waals surface area (Å²) < 4.78 is 0. The number of hydrogen-bond acceptors (Lipinski definition) is 3. The molecule has 6 heteroatoms. The molecule has 1 fully saturated rings. The quantitative estimate of drug-likeness (QED) is 0.511. The molecule has 0 bridgehead atoms. The summed E-state index contributed by atoms with van der Waals surface area (Å²) in [7, 11) is 0. The summed E-state index contributed by atoms with van der Waals surface area (Å²) in [5.41, 5.74) is 6.14. The number of nitrogens with one attached hydrogen (secondary N) is 2. The number of aromatic amines is 1. The van der Waals surface area contributed by atoms with Crippen molar-refractivity contribution in [1.29, 1.82) is 0 Å². The zero-order chi connectivity index (χ0) is 22.8. The number of aryl methyl sites for hydroxylation is 2. The lowest BCUT2D eigenvalue weighted by Gasteiger charge is -2.37. The van der Waals surface area contributed by atoms with E-state index in [9.17, 15) is 4.79 Å². The van der Waals surface area contributed by atoms with Crippen LogP contribution in [0.3, 0.4) is 0 Å². The second-order valence-corrected chi connectivity index (χ2v) is 9.85. The number of halogens is 1.